The summed E-state index contributed by atoms with van der Waals surface area (Å²) in [6.45, 7) is 0. The molecule has 2 rings (SSSR count). The van der Waals surface area contributed by atoms with E-state index in [1.165, 1.54) is 11.8 Å². The van der Waals surface area contributed by atoms with Gasteiger partial charge in [0.15, 0.2) is 17.5 Å². The first-order chi connectivity index (χ1) is 11.5. The van der Waals surface area contributed by atoms with E-state index in [1.807, 2.05) is 6.07 Å². The Morgan fingerprint density at radius 2 is 1.79 bits per heavy atom. The lowest BCUT2D eigenvalue weighted by molar-refractivity contribution is -0.118. The summed E-state index contributed by atoms with van der Waals surface area (Å²) < 4.78 is 39.2. The molecule has 0 atom stereocenters. The summed E-state index contributed by atoms with van der Waals surface area (Å²) in [4.78, 5) is 11.6. The summed E-state index contributed by atoms with van der Waals surface area (Å²) in [6.07, 6.45) is 0. The quantitative estimate of drug-likeness (QED) is 0.619. The number of halogens is 3. The molecule has 0 aliphatic heterocycles. The SMILES string of the molecule is N#Cc1ccc(CSCC(=O)NNc2ccc(F)c(F)c2F)cc1. The molecule has 0 aliphatic carbocycles. The van der Waals surface area contributed by atoms with Gasteiger partial charge in [0.05, 0.1) is 23.1 Å². The zero-order valence-corrected chi connectivity index (χ0v) is 13.1. The first-order valence-corrected chi connectivity index (χ1v) is 7.92. The summed E-state index contributed by atoms with van der Waals surface area (Å²) in [5.74, 6) is -4.12. The van der Waals surface area contributed by atoms with Crippen molar-refractivity contribution in [3.8, 4) is 6.07 Å². The minimum atomic E-state index is -1.61. The van der Waals surface area contributed by atoms with Gasteiger partial charge < -0.3 is 0 Å². The Kier molecular flexibility index (Phi) is 6.09. The highest BCUT2D eigenvalue weighted by Gasteiger charge is 2.13. The van der Waals surface area contributed by atoms with Crippen LogP contribution in [0.2, 0.25) is 0 Å². The van der Waals surface area contributed by atoms with E-state index in [0.717, 1.165) is 17.7 Å². The van der Waals surface area contributed by atoms with Crippen molar-refractivity contribution in [3.63, 3.8) is 0 Å². The molecule has 0 fully saturated rings. The van der Waals surface area contributed by atoms with Crippen LogP contribution in [0.5, 0.6) is 0 Å². The van der Waals surface area contributed by atoms with Crippen LogP contribution in [0.15, 0.2) is 36.4 Å². The topological polar surface area (TPSA) is 64.9 Å². The molecule has 2 aromatic rings. The van der Waals surface area contributed by atoms with Crippen LogP contribution in [0.4, 0.5) is 18.9 Å². The summed E-state index contributed by atoms with van der Waals surface area (Å²) in [7, 11) is 0. The number of hydrogen-bond acceptors (Lipinski definition) is 4. The molecule has 2 aromatic carbocycles. The van der Waals surface area contributed by atoms with Gasteiger partial charge in [-0.25, -0.2) is 13.2 Å². The predicted molar refractivity (Wildman–Crippen MR) is 85.4 cm³/mol. The van der Waals surface area contributed by atoms with Crippen LogP contribution < -0.4 is 10.9 Å². The van der Waals surface area contributed by atoms with Crippen LogP contribution in [-0.4, -0.2) is 11.7 Å². The normalized spacial score (nSPS) is 10.1. The van der Waals surface area contributed by atoms with E-state index in [1.54, 1.807) is 24.3 Å². The fourth-order valence-electron chi connectivity index (χ4n) is 1.73. The number of nitrogens with zero attached hydrogens (tertiary/aromatic N) is 1. The molecule has 0 saturated carbocycles. The Hall–Kier alpha value is -2.66. The molecular weight excluding hydrogens is 339 g/mol. The Balaban J connectivity index is 1.77. The molecule has 2 N–H and O–H groups in total. The Labute approximate surface area is 140 Å². The molecule has 4 nitrogen and oxygen atoms in total. The van der Waals surface area contributed by atoms with E-state index in [-0.39, 0.29) is 11.4 Å². The summed E-state index contributed by atoms with van der Waals surface area (Å²) in [6, 6.07) is 10.7. The Morgan fingerprint density at radius 1 is 1.08 bits per heavy atom. The molecular formula is C16H12F3N3OS. The molecule has 0 saturated heterocycles. The lowest BCUT2D eigenvalue weighted by atomic mass is 10.2. The molecule has 8 heteroatoms. The first kappa shape index (κ1) is 17.7. The number of anilines is 1. The number of amides is 1. The number of hydrogen-bond donors (Lipinski definition) is 2. The van der Waals surface area contributed by atoms with Gasteiger partial charge in [-0.15, -0.1) is 11.8 Å². The van der Waals surface area contributed by atoms with Crippen molar-refractivity contribution in [2.24, 2.45) is 0 Å². The van der Waals surface area contributed by atoms with Crippen molar-refractivity contribution in [2.75, 3.05) is 11.2 Å². The summed E-state index contributed by atoms with van der Waals surface area (Å²) in [5, 5.41) is 8.70. The van der Waals surface area contributed by atoms with Gasteiger partial charge in [-0.1, -0.05) is 12.1 Å². The molecule has 0 aliphatic rings. The van der Waals surface area contributed by atoms with Crippen LogP contribution in [0.3, 0.4) is 0 Å². The van der Waals surface area contributed by atoms with Crippen LogP contribution in [0.25, 0.3) is 0 Å². The number of rotatable bonds is 6. The highest BCUT2D eigenvalue weighted by molar-refractivity contribution is 7.99. The fourth-order valence-corrected chi connectivity index (χ4v) is 2.52. The summed E-state index contributed by atoms with van der Waals surface area (Å²) in [5.41, 5.74) is 5.57. The van der Waals surface area contributed by atoms with Crippen molar-refractivity contribution in [3.05, 3.63) is 65.0 Å². The second-order valence-corrected chi connectivity index (χ2v) is 5.68. The number of thioether (sulfide) groups is 1. The van der Waals surface area contributed by atoms with Crippen molar-refractivity contribution in [2.45, 2.75) is 5.75 Å². The van der Waals surface area contributed by atoms with Gasteiger partial charge in [0.25, 0.3) is 0 Å². The van der Waals surface area contributed by atoms with Gasteiger partial charge >= 0.3 is 0 Å². The minimum Gasteiger partial charge on any atom is -0.295 e. The lowest BCUT2D eigenvalue weighted by Crippen LogP contribution is -2.31. The van der Waals surface area contributed by atoms with Crippen molar-refractivity contribution in [1.82, 2.24) is 5.43 Å². The Morgan fingerprint density at radius 3 is 2.46 bits per heavy atom. The average molecular weight is 351 g/mol. The zero-order chi connectivity index (χ0) is 17.5. The lowest BCUT2D eigenvalue weighted by Gasteiger charge is -2.10. The Bertz CT molecular complexity index is 775. The van der Waals surface area contributed by atoms with Crippen molar-refractivity contribution >= 4 is 23.4 Å². The van der Waals surface area contributed by atoms with Crippen LogP contribution in [0.1, 0.15) is 11.1 Å². The average Bonchev–Trinajstić information content (AvgIpc) is 2.59. The number of nitriles is 1. The van der Waals surface area contributed by atoms with E-state index in [4.69, 9.17) is 5.26 Å². The maximum atomic E-state index is 13.4. The predicted octanol–water partition coefficient (Wildman–Crippen LogP) is 3.35. The van der Waals surface area contributed by atoms with Gasteiger partial charge in [-0.2, -0.15) is 5.26 Å². The third-order valence-electron chi connectivity index (χ3n) is 2.96. The molecule has 0 unspecified atom stereocenters. The third-order valence-corrected chi connectivity index (χ3v) is 3.96. The smallest absolute Gasteiger partial charge is 0.248 e. The number of hydrazine groups is 1. The van der Waals surface area contributed by atoms with Crippen molar-refractivity contribution in [1.29, 1.82) is 5.26 Å². The molecule has 0 spiro atoms. The molecule has 0 radical (unpaired) electrons. The van der Waals surface area contributed by atoms with E-state index >= 15 is 0 Å². The maximum Gasteiger partial charge on any atom is 0.248 e. The maximum absolute atomic E-state index is 13.4. The molecule has 0 heterocycles. The van der Waals surface area contributed by atoms with E-state index < -0.39 is 23.4 Å². The molecule has 124 valence electrons. The number of nitrogens with one attached hydrogen (secondary N) is 2. The van der Waals surface area contributed by atoms with Crippen LogP contribution in [-0.2, 0) is 10.5 Å². The third kappa shape index (κ3) is 4.67. The van der Waals surface area contributed by atoms with Gasteiger partial charge in [-0.05, 0) is 29.8 Å². The molecule has 0 bridgehead atoms. The minimum absolute atomic E-state index is 0.0816. The highest BCUT2D eigenvalue weighted by atomic mass is 32.2. The number of benzene rings is 2. The second kappa shape index (κ2) is 8.26. The summed E-state index contributed by atoms with van der Waals surface area (Å²) >= 11 is 1.31. The molecule has 0 aromatic heterocycles. The number of carbonyl (C=O) groups is 1. The first-order valence-electron chi connectivity index (χ1n) is 6.76. The standard InChI is InChI=1S/C16H12F3N3OS/c17-12-5-6-13(16(19)15(12)18)21-22-14(23)9-24-8-11-3-1-10(7-20)2-4-11/h1-6,21H,8-9H2,(H,22,23). The van der Waals surface area contributed by atoms with E-state index in [0.29, 0.717) is 11.3 Å². The number of carbonyl (C=O) groups excluding carboxylic acids is 1. The zero-order valence-electron chi connectivity index (χ0n) is 12.3. The van der Waals surface area contributed by atoms with E-state index in [9.17, 15) is 18.0 Å². The monoisotopic (exact) mass is 351 g/mol. The second-order valence-electron chi connectivity index (χ2n) is 4.70. The van der Waals surface area contributed by atoms with Gasteiger partial charge in [0.2, 0.25) is 5.91 Å². The molecule has 24 heavy (non-hydrogen) atoms. The molecule has 1 amide bonds. The van der Waals surface area contributed by atoms with Gasteiger partial charge in [-0.3, -0.25) is 15.6 Å². The van der Waals surface area contributed by atoms with Crippen LogP contribution in [0, 0.1) is 28.8 Å². The van der Waals surface area contributed by atoms with Crippen molar-refractivity contribution < 1.29 is 18.0 Å². The van der Waals surface area contributed by atoms with E-state index in [2.05, 4.69) is 10.9 Å². The van der Waals surface area contributed by atoms with Crippen LogP contribution >= 0.6 is 11.8 Å². The van der Waals surface area contributed by atoms with Gasteiger partial charge in [0.1, 0.15) is 0 Å². The largest absolute Gasteiger partial charge is 0.295 e. The highest BCUT2D eigenvalue weighted by Crippen LogP contribution is 2.19. The fraction of sp³-hybridized carbons (Fsp3) is 0.125. The van der Waals surface area contributed by atoms with Gasteiger partial charge in [0, 0.05) is 5.75 Å².